The lowest BCUT2D eigenvalue weighted by molar-refractivity contribution is 0.0696. The van der Waals surface area contributed by atoms with Crippen LogP contribution in [0.15, 0.2) is 69.2 Å². The standard InChI is InChI=1S/C22H12N2O4S/c23-11-15(9-13-5-1-3-7-16(13)21(25)26)20-24-18(12-29-20)17-10-14-6-2-4-8-19(14)28-22(17)27/h1-10,12H,(H,25,26)/b15-9+. The van der Waals surface area contributed by atoms with Gasteiger partial charge in [0.25, 0.3) is 0 Å². The first-order chi connectivity index (χ1) is 14.1. The molecule has 140 valence electrons. The Morgan fingerprint density at radius 2 is 1.93 bits per heavy atom. The molecule has 4 aromatic rings. The smallest absolute Gasteiger partial charge is 0.345 e. The maximum atomic E-state index is 12.3. The van der Waals surface area contributed by atoms with E-state index >= 15 is 0 Å². The summed E-state index contributed by atoms with van der Waals surface area (Å²) < 4.78 is 5.35. The second-order valence-electron chi connectivity index (χ2n) is 6.09. The average Bonchev–Trinajstić information content (AvgIpc) is 3.21. The van der Waals surface area contributed by atoms with Crippen LogP contribution in [0.25, 0.3) is 33.9 Å². The number of rotatable bonds is 4. The molecule has 0 amide bonds. The van der Waals surface area contributed by atoms with Crippen LogP contribution in [0, 0.1) is 11.3 Å². The van der Waals surface area contributed by atoms with E-state index in [1.54, 1.807) is 41.8 Å². The van der Waals surface area contributed by atoms with Crippen LogP contribution in [0.1, 0.15) is 20.9 Å². The number of nitrogens with zero attached hydrogens (tertiary/aromatic N) is 2. The monoisotopic (exact) mass is 400 g/mol. The average molecular weight is 400 g/mol. The number of carboxylic acids is 1. The predicted molar refractivity (Wildman–Crippen MR) is 110 cm³/mol. The van der Waals surface area contributed by atoms with Crippen LogP contribution in [-0.2, 0) is 0 Å². The quantitative estimate of drug-likeness (QED) is 0.394. The van der Waals surface area contributed by atoms with Gasteiger partial charge in [-0.05, 0) is 29.8 Å². The number of aromatic carboxylic acids is 1. The van der Waals surface area contributed by atoms with Gasteiger partial charge in [-0.1, -0.05) is 36.4 Å². The van der Waals surface area contributed by atoms with Gasteiger partial charge in [-0.3, -0.25) is 0 Å². The summed E-state index contributed by atoms with van der Waals surface area (Å²) in [5, 5.41) is 21.7. The molecule has 6 nitrogen and oxygen atoms in total. The number of hydrogen-bond donors (Lipinski definition) is 1. The van der Waals surface area contributed by atoms with Crippen molar-refractivity contribution < 1.29 is 14.3 Å². The van der Waals surface area contributed by atoms with E-state index in [4.69, 9.17) is 4.42 Å². The fourth-order valence-electron chi connectivity index (χ4n) is 2.88. The summed E-state index contributed by atoms with van der Waals surface area (Å²) in [6.45, 7) is 0. The van der Waals surface area contributed by atoms with Crippen molar-refractivity contribution in [1.82, 2.24) is 4.98 Å². The Kier molecular flexibility index (Phi) is 4.77. The third-order valence-corrected chi connectivity index (χ3v) is 5.14. The molecule has 2 heterocycles. The molecule has 29 heavy (non-hydrogen) atoms. The number of benzene rings is 2. The number of thiazole rings is 1. The summed E-state index contributed by atoms with van der Waals surface area (Å²) in [4.78, 5) is 28.1. The van der Waals surface area contributed by atoms with Gasteiger partial charge in [-0.15, -0.1) is 11.3 Å². The molecule has 2 aromatic heterocycles. The van der Waals surface area contributed by atoms with Crippen molar-refractivity contribution in [2.75, 3.05) is 0 Å². The Balaban J connectivity index is 1.77. The largest absolute Gasteiger partial charge is 0.478 e. The fourth-order valence-corrected chi connectivity index (χ4v) is 3.66. The number of aromatic nitrogens is 1. The highest BCUT2D eigenvalue weighted by atomic mass is 32.1. The van der Waals surface area contributed by atoms with Crippen molar-refractivity contribution >= 4 is 39.9 Å². The van der Waals surface area contributed by atoms with Gasteiger partial charge in [0, 0.05) is 10.8 Å². The Hall–Kier alpha value is -4.02. The number of allylic oxidation sites excluding steroid dienone is 1. The van der Waals surface area contributed by atoms with Crippen molar-refractivity contribution in [2.24, 2.45) is 0 Å². The molecule has 4 rings (SSSR count). The first kappa shape index (κ1) is 18.3. The van der Waals surface area contributed by atoms with E-state index in [9.17, 15) is 20.0 Å². The maximum absolute atomic E-state index is 12.3. The van der Waals surface area contributed by atoms with Gasteiger partial charge in [0.2, 0.25) is 0 Å². The Bertz CT molecular complexity index is 1380. The molecule has 0 aliphatic carbocycles. The molecule has 1 N–H and O–H groups in total. The zero-order chi connectivity index (χ0) is 20.4. The van der Waals surface area contributed by atoms with Gasteiger partial charge in [0.05, 0.1) is 22.4 Å². The van der Waals surface area contributed by atoms with Gasteiger partial charge >= 0.3 is 11.6 Å². The zero-order valence-electron chi connectivity index (χ0n) is 14.8. The summed E-state index contributed by atoms with van der Waals surface area (Å²) in [7, 11) is 0. The highest BCUT2D eigenvalue weighted by Crippen LogP contribution is 2.28. The van der Waals surface area contributed by atoms with Crippen LogP contribution in [0.4, 0.5) is 0 Å². The van der Waals surface area contributed by atoms with Crippen molar-refractivity contribution in [3.8, 4) is 17.3 Å². The van der Waals surface area contributed by atoms with Crippen molar-refractivity contribution in [2.45, 2.75) is 0 Å². The minimum absolute atomic E-state index is 0.0900. The maximum Gasteiger partial charge on any atom is 0.345 e. The van der Waals surface area contributed by atoms with Gasteiger partial charge < -0.3 is 9.52 Å². The molecule has 0 saturated carbocycles. The van der Waals surface area contributed by atoms with E-state index in [1.165, 1.54) is 23.5 Å². The summed E-state index contributed by atoms with van der Waals surface area (Å²) in [6, 6.07) is 17.3. The van der Waals surface area contributed by atoms with Gasteiger partial charge in [-0.25, -0.2) is 14.6 Å². The van der Waals surface area contributed by atoms with Crippen molar-refractivity contribution in [3.63, 3.8) is 0 Å². The van der Waals surface area contributed by atoms with E-state index in [2.05, 4.69) is 11.1 Å². The minimum Gasteiger partial charge on any atom is -0.478 e. The molecule has 0 radical (unpaired) electrons. The summed E-state index contributed by atoms with van der Waals surface area (Å²) in [5.41, 5.74) is 1.37. The number of carboxylic acid groups (broad SMARTS) is 1. The number of para-hydroxylation sites is 1. The van der Waals surface area contributed by atoms with Crippen LogP contribution >= 0.6 is 11.3 Å². The van der Waals surface area contributed by atoms with E-state index in [-0.39, 0.29) is 11.1 Å². The fraction of sp³-hybridized carbons (Fsp3) is 0. The van der Waals surface area contributed by atoms with Crippen LogP contribution in [0.5, 0.6) is 0 Å². The van der Waals surface area contributed by atoms with Crippen molar-refractivity contribution in [3.05, 3.63) is 86.5 Å². The summed E-state index contributed by atoms with van der Waals surface area (Å²) >= 11 is 1.19. The second kappa shape index (κ2) is 7.54. The van der Waals surface area contributed by atoms with Crippen LogP contribution in [-0.4, -0.2) is 16.1 Å². The molecule has 0 aliphatic heterocycles. The van der Waals surface area contributed by atoms with Crippen molar-refractivity contribution in [1.29, 1.82) is 5.26 Å². The predicted octanol–water partition coefficient (Wildman–Crippen LogP) is 4.68. The molecule has 0 saturated heterocycles. The molecular weight excluding hydrogens is 388 g/mol. The first-order valence-corrected chi connectivity index (χ1v) is 9.38. The first-order valence-electron chi connectivity index (χ1n) is 8.50. The van der Waals surface area contributed by atoms with Gasteiger partial charge in [0.1, 0.15) is 16.7 Å². The van der Waals surface area contributed by atoms with E-state index in [0.29, 0.717) is 27.4 Å². The number of nitriles is 1. The molecule has 0 bridgehead atoms. The number of carbonyl (C=O) groups is 1. The Labute approximate surface area is 168 Å². The summed E-state index contributed by atoms with van der Waals surface area (Å²) in [5.74, 6) is -1.08. The molecule has 0 aliphatic rings. The number of hydrogen-bond acceptors (Lipinski definition) is 6. The summed E-state index contributed by atoms with van der Waals surface area (Å²) in [6.07, 6.45) is 1.48. The molecule has 0 spiro atoms. The molecule has 7 heteroatoms. The molecule has 2 aromatic carbocycles. The molecule has 0 atom stereocenters. The van der Waals surface area contributed by atoms with E-state index in [1.807, 2.05) is 12.1 Å². The Morgan fingerprint density at radius 3 is 2.72 bits per heavy atom. The van der Waals surface area contributed by atoms with E-state index < -0.39 is 11.6 Å². The van der Waals surface area contributed by atoms with Gasteiger partial charge in [0.15, 0.2) is 0 Å². The van der Waals surface area contributed by atoms with Crippen LogP contribution < -0.4 is 5.63 Å². The molecule has 0 fully saturated rings. The topological polar surface area (TPSA) is 104 Å². The lowest BCUT2D eigenvalue weighted by atomic mass is 10.1. The lowest BCUT2D eigenvalue weighted by Crippen LogP contribution is -2.02. The highest BCUT2D eigenvalue weighted by molar-refractivity contribution is 7.11. The van der Waals surface area contributed by atoms with Crippen LogP contribution in [0.3, 0.4) is 0 Å². The highest BCUT2D eigenvalue weighted by Gasteiger charge is 2.15. The lowest BCUT2D eigenvalue weighted by Gasteiger charge is -2.01. The second-order valence-corrected chi connectivity index (χ2v) is 6.94. The normalized spacial score (nSPS) is 11.3. The Morgan fingerprint density at radius 1 is 1.17 bits per heavy atom. The van der Waals surface area contributed by atoms with E-state index in [0.717, 1.165) is 5.39 Å². The minimum atomic E-state index is -1.08. The van der Waals surface area contributed by atoms with Crippen LogP contribution in [0.2, 0.25) is 0 Å². The third-order valence-electron chi connectivity index (χ3n) is 4.26. The number of fused-ring (bicyclic) bond motifs is 1. The molecular formula is C22H12N2O4S. The zero-order valence-corrected chi connectivity index (χ0v) is 15.6. The van der Waals surface area contributed by atoms with Gasteiger partial charge in [-0.2, -0.15) is 5.26 Å². The SMILES string of the molecule is N#C/C(=C\c1ccccc1C(=O)O)c1nc(-c2cc3ccccc3oc2=O)cs1. The third kappa shape index (κ3) is 3.57. The molecule has 0 unspecified atom stereocenters.